The molecule has 92 valence electrons. The summed E-state index contributed by atoms with van der Waals surface area (Å²) in [5, 5.41) is 2.46. The number of esters is 1. The summed E-state index contributed by atoms with van der Waals surface area (Å²) in [6.07, 6.45) is 0.111. The molecule has 0 aliphatic heterocycles. The number of hydrogen-bond donors (Lipinski definition) is 1. The van der Waals surface area contributed by atoms with E-state index >= 15 is 0 Å². The summed E-state index contributed by atoms with van der Waals surface area (Å²) in [7, 11) is 1.18. The number of alkyl halides is 1. The Hall–Kier alpha value is -1.62. The van der Waals surface area contributed by atoms with Gasteiger partial charge in [0.25, 0.3) is 0 Å². The van der Waals surface area contributed by atoms with Crippen molar-refractivity contribution in [3.63, 3.8) is 0 Å². The summed E-state index contributed by atoms with van der Waals surface area (Å²) in [6, 6.07) is 3.44. The molecular weight excluding hydrogens is 249 g/mol. The Balaban J connectivity index is 2.98. The summed E-state index contributed by atoms with van der Waals surface area (Å²) < 4.78 is 17.5. The van der Waals surface area contributed by atoms with Gasteiger partial charge in [0.1, 0.15) is 5.82 Å². The Morgan fingerprint density at radius 1 is 1.47 bits per heavy atom. The quantitative estimate of drug-likeness (QED) is 0.666. The predicted octanol–water partition coefficient (Wildman–Crippen LogP) is 2.18. The fourth-order valence-electron chi connectivity index (χ4n) is 1.20. The Morgan fingerprint density at radius 3 is 2.76 bits per heavy atom. The summed E-state index contributed by atoms with van der Waals surface area (Å²) in [4.78, 5) is 22.7. The fourth-order valence-corrected chi connectivity index (χ4v) is 1.37. The van der Waals surface area contributed by atoms with Crippen molar-refractivity contribution in [1.82, 2.24) is 0 Å². The number of amides is 1. The van der Waals surface area contributed by atoms with Crippen molar-refractivity contribution in [2.45, 2.75) is 6.42 Å². The number of carbonyl (C=O) groups excluding carboxylic acids is 2. The average molecular weight is 260 g/mol. The molecule has 0 unspecified atom stereocenters. The Kier molecular flexibility index (Phi) is 4.90. The molecule has 0 fully saturated rings. The van der Waals surface area contributed by atoms with Crippen LogP contribution in [0.4, 0.5) is 10.1 Å². The molecule has 1 aromatic rings. The van der Waals surface area contributed by atoms with Gasteiger partial charge in [-0.25, -0.2) is 9.18 Å². The molecule has 1 rings (SSSR count). The normalized spacial score (nSPS) is 9.82. The number of nitrogens with one attached hydrogen (secondary N) is 1. The molecule has 0 atom stereocenters. The van der Waals surface area contributed by atoms with Gasteiger partial charge in [-0.05, 0) is 18.2 Å². The first kappa shape index (κ1) is 13.4. The van der Waals surface area contributed by atoms with Crippen LogP contribution < -0.4 is 5.32 Å². The third-order valence-electron chi connectivity index (χ3n) is 1.98. The molecule has 0 spiro atoms. The fraction of sp³-hybridized carbons (Fsp3) is 0.273. The predicted molar refractivity (Wildman–Crippen MR) is 61.7 cm³/mol. The lowest BCUT2D eigenvalue weighted by Gasteiger charge is -2.09. The van der Waals surface area contributed by atoms with Crippen LogP contribution in [0.2, 0.25) is 0 Å². The third kappa shape index (κ3) is 3.71. The van der Waals surface area contributed by atoms with Crippen LogP contribution >= 0.6 is 11.6 Å². The van der Waals surface area contributed by atoms with E-state index in [1.165, 1.54) is 13.2 Å². The molecule has 0 aromatic heterocycles. The molecule has 0 aliphatic rings. The van der Waals surface area contributed by atoms with Gasteiger partial charge >= 0.3 is 5.97 Å². The number of halogens is 2. The number of benzene rings is 1. The number of ether oxygens (including phenoxy) is 1. The van der Waals surface area contributed by atoms with Gasteiger partial charge < -0.3 is 10.1 Å². The van der Waals surface area contributed by atoms with E-state index in [-0.39, 0.29) is 29.5 Å². The number of hydrogen-bond acceptors (Lipinski definition) is 3. The minimum absolute atomic E-state index is 0.0320. The monoisotopic (exact) mass is 259 g/mol. The molecule has 0 radical (unpaired) electrons. The van der Waals surface area contributed by atoms with E-state index in [1.807, 2.05) is 0 Å². The van der Waals surface area contributed by atoms with Crippen LogP contribution in [0.3, 0.4) is 0 Å². The maximum absolute atomic E-state index is 13.0. The van der Waals surface area contributed by atoms with Gasteiger partial charge in [0, 0.05) is 12.3 Å². The van der Waals surface area contributed by atoms with Crippen molar-refractivity contribution in [3.05, 3.63) is 29.6 Å². The molecule has 0 heterocycles. The molecule has 1 aromatic carbocycles. The molecule has 17 heavy (non-hydrogen) atoms. The summed E-state index contributed by atoms with van der Waals surface area (Å²) in [6.45, 7) is 0. The van der Waals surface area contributed by atoms with Crippen molar-refractivity contribution in [2.24, 2.45) is 0 Å². The SMILES string of the molecule is COC(=O)c1cc(F)ccc1NC(=O)CCCl. The molecule has 4 nitrogen and oxygen atoms in total. The first-order valence-electron chi connectivity index (χ1n) is 4.82. The zero-order chi connectivity index (χ0) is 12.8. The maximum Gasteiger partial charge on any atom is 0.340 e. The van der Waals surface area contributed by atoms with Gasteiger partial charge in [0.05, 0.1) is 18.4 Å². The van der Waals surface area contributed by atoms with Gasteiger partial charge in [-0.1, -0.05) is 0 Å². The van der Waals surface area contributed by atoms with Crippen molar-refractivity contribution in [1.29, 1.82) is 0 Å². The van der Waals surface area contributed by atoms with Gasteiger partial charge in [-0.15, -0.1) is 11.6 Å². The molecule has 6 heteroatoms. The minimum Gasteiger partial charge on any atom is -0.465 e. The number of carbonyl (C=O) groups is 2. The molecule has 0 saturated heterocycles. The van der Waals surface area contributed by atoms with E-state index in [0.29, 0.717) is 0 Å². The van der Waals surface area contributed by atoms with Crippen LogP contribution in [0.5, 0.6) is 0 Å². The van der Waals surface area contributed by atoms with Crippen LogP contribution in [-0.4, -0.2) is 24.9 Å². The van der Waals surface area contributed by atoms with E-state index in [4.69, 9.17) is 11.6 Å². The van der Waals surface area contributed by atoms with Crippen molar-refractivity contribution in [3.8, 4) is 0 Å². The van der Waals surface area contributed by atoms with Gasteiger partial charge in [0.15, 0.2) is 0 Å². The van der Waals surface area contributed by atoms with Crippen LogP contribution in [0.25, 0.3) is 0 Å². The highest BCUT2D eigenvalue weighted by atomic mass is 35.5. The first-order valence-corrected chi connectivity index (χ1v) is 5.35. The van der Waals surface area contributed by atoms with Crippen LogP contribution in [0.1, 0.15) is 16.8 Å². The van der Waals surface area contributed by atoms with Crippen molar-refractivity contribution in [2.75, 3.05) is 18.3 Å². The Morgan fingerprint density at radius 2 is 2.18 bits per heavy atom. The topological polar surface area (TPSA) is 55.4 Å². The highest BCUT2D eigenvalue weighted by Gasteiger charge is 2.14. The van der Waals surface area contributed by atoms with Gasteiger partial charge in [0.2, 0.25) is 5.91 Å². The third-order valence-corrected chi connectivity index (χ3v) is 2.17. The smallest absolute Gasteiger partial charge is 0.340 e. The van der Waals surface area contributed by atoms with Gasteiger partial charge in [-0.2, -0.15) is 0 Å². The maximum atomic E-state index is 13.0. The second kappa shape index (κ2) is 6.20. The number of rotatable bonds is 4. The van der Waals surface area contributed by atoms with Crippen LogP contribution in [0.15, 0.2) is 18.2 Å². The van der Waals surface area contributed by atoms with Gasteiger partial charge in [-0.3, -0.25) is 4.79 Å². The second-order valence-electron chi connectivity index (χ2n) is 3.17. The molecular formula is C11H11ClFNO3. The standard InChI is InChI=1S/C11H11ClFNO3/c1-17-11(16)8-6-7(13)2-3-9(8)14-10(15)4-5-12/h2-3,6H,4-5H2,1H3,(H,14,15). The highest BCUT2D eigenvalue weighted by molar-refractivity contribution is 6.19. The minimum atomic E-state index is -0.717. The summed E-state index contributed by atoms with van der Waals surface area (Å²) in [5.74, 6) is -1.48. The zero-order valence-corrected chi connectivity index (χ0v) is 9.88. The lowest BCUT2D eigenvalue weighted by atomic mass is 10.1. The lowest BCUT2D eigenvalue weighted by molar-refractivity contribution is -0.115. The molecule has 0 bridgehead atoms. The highest BCUT2D eigenvalue weighted by Crippen LogP contribution is 2.18. The van der Waals surface area contributed by atoms with E-state index < -0.39 is 11.8 Å². The number of methoxy groups -OCH3 is 1. The van der Waals surface area contributed by atoms with Crippen molar-refractivity contribution >= 4 is 29.2 Å². The molecule has 1 N–H and O–H groups in total. The Labute approximate surface area is 103 Å². The van der Waals surface area contributed by atoms with E-state index in [0.717, 1.165) is 12.1 Å². The Bertz CT molecular complexity index is 437. The number of anilines is 1. The van der Waals surface area contributed by atoms with Crippen molar-refractivity contribution < 1.29 is 18.7 Å². The lowest BCUT2D eigenvalue weighted by Crippen LogP contribution is -2.15. The van der Waals surface area contributed by atoms with E-state index in [9.17, 15) is 14.0 Å². The summed E-state index contributed by atoms with van der Waals surface area (Å²) in [5.41, 5.74) is 0.170. The average Bonchev–Trinajstić information content (AvgIpc) is 2.30. The molecule has 0 saturated carbocycles. The second-order valence-corrected chi connectivity index (χ2v) is 3.55. The van der Waals surface area contributed by atoms with Crippen LogP contribution in [-0.2, 0) is 9.53 Å². The molecule has 1 amide bonds. The van der Waals surface area contributed by atoms with Crippen LogP contribution in [0, 0.1) is 5.82 Å². The van der Waals surface area contributed by atoms with E-state index in [1.54, 1.807) is 0 Å². The zero-order valence-electron chi connectivity index (χ0n) is 9.13. The van der Waals surface area contributed by atoms with E-state index in [2.05, 4.69) is 10.1 Å². The largest absolute Gasteiger partial charge is 0.465 e. The summed E-state index contributed by atoms with van der Waals surface area (Å²) >= 11 is 5.40. The first-order chi connectivity index (χ1) is 8.08. The molecule has 0 aliphatic carbocycles.